The normalized spacial score (nSPS) is 19.4. The number of benzene rings is 2. The van der Waals surface area contributed by atoms with E-state index in [4.69, 9.17) is 23.2 Å². The number of hydrogen-bond donors (Lipinski definition) is 3. The monoisotopic (exact) mass is 467 g/mol. The zero-order valence-corrected chi connectivity index (χ0v) is 19.5. The standard InChI is InChI=1S/C19H19Cl2FN2O.C4H9NO/c1-19(2)16(18(25)24-12-6-3-5-11(20)9-12)14(10-23-19)13-7-4-8-15(21)17(13)22;1-4(2)5-3-6/h3-9,14,16,23H,10H2,1-2H3,(H,24,25);3-4H,1-2H3,(H,5,6). The minimum Gasteiger partial charge on any atom is -0.357 e. The first-order valence-electron chi connectivity index (χ1n) is 10.0. The van der Waals surface area contributed by atoms with Crippen LogP contribution in [0.5, 0.6) is 0 Å². The van der Waals surface area contributed by atoms with E-state index < -0.39 is 17.3 Å². The molecule has 1 aliphatic heterocycles. The van der Waals surface area contributed by atoms with Crippen molar-refractivity contribution in [2.24, 2.45) is 5.92 Å². The number of amides is 2. The van der Waals surface area contributed by atoms with Gasteiger partial charge in [0, 0.05) is 34.8 Å². The number of carbonyl (C=O) groups is 2. The number of anilines is 1. The molecule has 1 fully saturated rings. The fourth-order valence-electron chi connectivity index (χ4n) is 3.63. The van der Waals surface area contributed by atoms with E-state index in [2.05, 4.69) is 16.0 Å². The van der Waals surface area contributed by atoms with Crippen LogP contribution in [-0.2, 0) is 9.59 Å². The predicted molar refractivity (Wildman–Crippen MR) is 124 cm³/mol. The molecule has 0 bridgehead atoms. The fourth-order valence-corrected chi connectivity index (χ4v) is 4.01. The summed E-state index contributed by atoms with van der Waals surface area (Å²) in [5, 5.41) is 9.35. The summed E-state index contributed by atoms with van der Waals surface area (Å²) in [6, 6.07) is 12.1. The van der Waals surface area contributed by atoms with E-state index in [1.807, 2.05) is 27.7 Å². The minimum absolute atomic E-state index is 0.0659. The van der Waals surface area contributed by atoms with Crippen LogP contribution in [-0.4, -0.2) is 30.4 Å². The topological polar surface area (TPSA) is 70.2 Å². The molecule has 0 saturated carbocycles. The van der Waals surface area contributed by atoms with Gasteiger partial charge in [-0.25, -0.2) is 4.39 Å². The molecule has 2 aromatic rings. The van der Waals surface area contributed by atoms with E-state index >= 15 is 0 Å². The van der Waals surface area contributed by atoms with Crippen LogP contribution in [0, 0.1) is 11.7 Å². The van der Waals surface area contributed by atoms with Crippen LogP contribution in [0.1, 0.15) is 39.2 Å². The van der Waals surface area contributed by atoms with Gasteiger partial charge in [0.1, 0.15) is 5.82 Å². The zero-order valence-electron chi connectivity index (χ0n) is 18.0. The van der Waals surface area contributed by atoms with Crippen molar-refractivity contribution in [3.63, 3.8) is 0 Å². The number of nitrogens with one attached hydrogen (secondary N) is 3. The van der Waals surface area contributed by atoms with Crippen molar-refractivity contribution in [1.82, 2.24) is 10.6 Å². The molecule has 2 atom stereocenters. The van der Waals surface area contributed by atoms with Gasteiger partial charge >= 0.3 is 0 Å². The summed E-state index contributed by atoms with van der Waals surface area (Å²) in [6.45, 7) is 8.20. The number of hydrogen-bond acceptors (Lipinski definition) is 3. The van der Waals surface area contributed by atoms with Gasteiger partial charge in [0.25, 0.3) is 0 Å². The van der Waals surface area contributed by atoms with Crippen molar-refractivity contribution in [3.8, 4) is 0 Å². The van der Waals surface area contributed by atoms with Crippen LogP contribution >= 0.6 is 23.2 Å². The minimum atomic E-state index is -0.484. The first kappa shape index (κ1) is 25.1. The molecule has 0 aromatic heterocycles. The van der Waals surface area contributed by atoms with Crippen molar-refractivity contribution in [2.45, 2.75) is 45.2 Å². The average molecular weight is 468 g/mol. The smallest absolute Gasteiger partial charge is 0.230 e. The van der Waals surface area contributed by atoms with Crippen molar-refractivity contribution in [2.75, 3.05) is 11.9 Å². The molecule has 2 amide bonds. The van der Waals surface area contributed by atoms with Crippen molar-refractivity contribution >= 4 is 41.2 Å². The van der Waals surface area contributed by atoms with Crippen LogP contribution in [0.2, 0.25) is 10.0 Å². The molecule has 31 heavy (non-hydrogen) atoms. The van der Waals surface area contributed by atoms with Gasteiger partial charge < -0.3 is 16.0 Å². The molecule has 0 spiro atoms. The van der Waals surface area contributed by atoms with Crippen LogP contribution in [0.25, 0.3) is 0 Å². The Morgan fingerprint density at radius 1 is 1.23 bits per heavy atom. The molecule has 3 rings (SSSR count). The van der Waals surface area contributed by atoms with Gasteiger partial charge in [-0.3, -0.25) is 9.59 Å². The van der Waals surface area contributed by atoms with E-state index in [9.17, 15) is 14.0 Å². The Morgan fingerprint density at radius 3 is 2.48 bits per heavy atom. The highest BCUT2D eigenvalue weighted by atomic mass is 35.5. The second kappa shape index (κ2) is 10.9. The maximum atomic E-state index is 14.5. The number of rotatable bonds is 5. The molecular formula is C23H28Cl2FN3O2. The SMILES string of the molecule is CC(C)NC=O.CC1(C)NCC(c2cccc(Cl)c2F)C1C(=O)Nc1cccc(Cl)c1. The Balaban J connectivity index is 0.000000501. The summed E-state index contributed by atoms with van der Waals surface area (Å²) in [6.07, 6.45) is 0.699. The molecule has 5 nitrogen and oxygen atoms in total. The summed E-state index contributed by atoms with van der Waals surface area (Å²) < 4.78 is 14.5. The Hall–Kier alpha value is -2.15. The summed E-state index contributed by atoms with van der Waals surface area (Å²) >= 11 is 11.9. The zero-order chi connectivity index (χ0) is 23.2. The first-order valence-corrected chi connectivity index (χ1v) is 10.8. The second-order valence-corrected chi connectivity index (χ2v) is 9.11. The molecule has 1 heterocycles. The maximum absolute atomic E-state index is 14.5. The third-order valence-electron chi connectivity index (χ3n) is 5.11. The molecule has 2 unspecified atom stereocenters. The predicted octanol–water partition coefficient (Wildman–Crippen LogP) is 4.99. The Labute approximate surface area is 192 Å². The van der Waals surface area contributed by atoms with Crippen molar-refractivity contribution < 1.29 is 14.0 Å². The molecule has 0 radical (unpaired) electrons. The Kier molecular flexibility index (Phi) is 8.86. The molecule has 1 saturated heterocycles. The quantitative estimate of drug-likeness (QED) is 0.542. The largest absolute Gasteiger partial charge is 0.357 e. The van der Waals surface area contributed by atoms with Gasteiger partial charge in [-0.1, -0.05) is 41.4 Å². The van der Waals surface area contributed by atoms with Gasteiger partial charge in [-0.05, 0) is 57.5 Å². The number of halogens is 3. The van der Waals surface area contributed by atoms with Gasteiger partial charge in [-0.2, -0.15) is 0 Å². The Morgan fingerprint density at radius 2 is 1.90 bits per heavy atom. The summed E-state index contributed by atoms with van der Waals surface area (Å²) in [5.41, 5.74) is 0.588. The molecule has 168 valence electrons. The van der Waals surface area contributed by atoms with Gasteiger partial charge in [0.2, 0.25) is 12.3 Å². The van der Waals surface area contributed by atoms with E-state index in [1.54, 1.807) is 36.4 Å². The summed E-state index contributed by atoms with van der Waals surface area (Å²) in [7, 11) is 0. The maximum Gasteiger partial charge on any atom is 0.230 e. The first-order chi connectivity index (χ1) is 14.6. The molecule has 2 aromatic carbocycles. The highest BCUT2D eigenvalue weighted by Crippen LogP contribution is 2.40. The van der Waals surface area contributed by atoms with E-state index in [0.29, 0.717) is 29.2 Å². The molecular weight excluding hydrogens is 440 g/mol. The molecule has 3 N–H and O–H groups in total. The average Bonchev–Trinajstić information content (AvgIpc) is 2.99. The van der Waals surface area contributed by atoms with Crippen molar-refractivity contribution in [1.29, 1.82) is 0 Å². The van der Waals surface area contributed by atoms with Crippen LogP contribution in [0.4, 0.5) is 10.1 Å². The van der Waals surface area contributed by atoms with Crippen LogP contribution in [0.3, 0.4) is 0 Å². The lowest BCUT2D eigenvalue weighted by molar-refractivity contribution is -0.121. The lowest BCUT2D eigenvalue weighted by Gasteiger charge is -2.29. The van der Waals surface area contributed by atoms with E-state index in [1.165, 1.54) is 6.07 Å². The lowest BCUT2D eigenvalue weighted by atomic mass is 9.78. The highest BCUT2D eigenvalue weighted by Gasteiger charge is 2.47. The molecule has 1 aliphatic rings. The summed E-state index contributed by atoms with van der Waals surface area (Å²) in [4.78, 5) is 22.5. The number of carbonyl (C=O) groups excluding carboxylic acids is 2. The third kappa shape index (κ3) is 6.66. The summed E-state index contributed by atoms with van der Waals surface area (Å²) in [5.74, 6) is -1.41. The lowest BCUT2D eigenvalue weighted by Crippen LogP contribution is -2.44. The second-order valence-electron chi connectivity index (χ2n) is 8.27. The highest BCUT2D eigenvalue weighted by molar-refractivity contribution is 6.31. The van der Waals surface area contributed by atoms with Gasteiger partial charge in [0.05, 0.1) is 10.9 Å². The molecule has 0 aliphatic carbocycles. The van der Waals surface area contributed by atoms with Crippen LogP contribution < -0.4 is 16.0 Å². The van der Waals surface area contributed by atoms with E-state index in [0.717, 1.165) is 0 Å². The third-order valence-corrected chi connectivity index (χ3v) is 5.64. The van der Waals surface area contributed by atoms with Gasteiger partial charge in [0.15, 0.2) is 0 Å². The van der Waals surface area contributed by atoms with E-state index in [-0.39, 0.29) is 22.9 Å². The Bertz CT molecular complexity index is 921. The van der Waals surface area contributed by atoms with Crippen molar-refractivity contribution in [3.05, 3.63) is 63.9 Å². The molecule has 8 heteroatoms. The van der Waals surface area contributed by atoms with Gasteiger partial charge in [-0.15, -0.1) is 0 Å². The fraction of sp³-hybridized carbons (Fsp3) is 0.391. The van der Waals surface area contributed by atoms with Crippen LogP contribution in [0.15, 0.2) is 42.5 Å².